The Kier molecular flexibility index (Phi) is 5.73. The lowest BCUT2D eigenvalue weighted by Crippen LogP contribution is -2.15. The Bertz CT molecular complexity index is 882. The lowest BCUT2D eigenvalue weighted by molar-refractivity contribution is -0.113. The fourth-order valence-corrected chi connectivity index (χ4v) is 3.02. The highest BCUT2D eigenvalue weighted by molar-refractivity contribution is 7.99. The molecule has 1 N–H and O–H groups in total. The number of amides is 1. The zero-order valence-electron chi connectivity index (χ0n) is 13.5. The molecule has 3 aromatic rings. The molecule has 0 unspecified atom stereocenters. The largest absolute Gasteiger partial charge is 0.411 e. The van der Waals surface area contributed by atoms with Crippen LogP contribution in [0.3, 0.4) is 0 Å². The number of hydrogen-bond acceptors (Lipinski definition) is 5. The topological polar surface area (TPSA) is 68.0 Å². The van der Waals surface area contributed by atoms with Crippen LogP contribution in [0.15, 0.2) is 58.2 Å². The van der Waals surface area contributed by atoms with Crippen LogP contribution in [0.1, 0.15) is 12.5 Å². The average molecular weight is 374 g/mol. The molecule has 0 atom stereocenters. The molecule has 25 heavy (non-hydrogen) atoms. The van der Waals surface area contributed by atoms with Gasteiger partial charge in [-0.05, 0) is 36.2 Å². The summed E-state index contributed by atoms with van der Waals surface area (Å²) in [6.07, 6.45) is 0.857. The van der Waals surface area contributed by atoms with E-state index in [0.717, 1.165) is 23.2 Å². The summed E-state index contributed by atoms with van der Waals surface area (Å²) in [4.78, 5) is 12.1. The van der Waals surface area contributed by atoms with Gasteiger partial charge >= 0.3 is 0 Å². The highest BCUT2D eigenvalue weighted by Gasteiger charge is 2.12. The molecule has 0 saturated carbocycles. The zero-order valence-corrected chi connectivity index (χ0v) is 15.1. The van der Waals surface area contributed by atoms with Gasteiger partial charge in [0.25, 0.3) is 5.22 Å². The number of carbonyl (C=O) groups excluding carboxylic acids is 1. The van der Waals surface area contributed by atoms with E-state index in [1.165, 1.54) is 11.8 Å². The summed E-state index contributed by atoms with van der Waals surface area (Å²) in [5, 5.41) is 11.8. The monoisotopic (exact) mass is 373 g/mol. The first-order chi connectivity index (χ1) is 12.2. The molecule has 0 bridgehead atoms. The molecule has 0 spiro atoms. The maximum atomic E-state index is 12.1. The fourth-order valence-electron chi connectivity index (χ4n) is 2.27. The molecule has 0 aliphatic heterocycles. The summed E-state index contributed by atoms with van der Waals surface area (Å²) in [6, 6.07) is 14.9. The van der Waals surface area contributed by atoms with E-state index in [-0.39, 0.29) is 11.7 Å². The van der Waals surface area contributed by atoms with E-state index in [2.05, 4.69) is 22.4 Å². The van der Waals surface area contributed by atoms with Gasteiger partial charge in [-0.25, -0.2) is 0 Å². The SMILES string of the molecule is CCc1ccccc1NC(=O)CSc1nnc(-c2cccc(Cl)c2)o1. The van der Waals surface area contributed by atoms with E-state index >= 15 is 0 Å². The van der Waals surface area contributed by atoms with Gasteiger partial charge in [0.1, 0.15) is 0 Å². The second-order valence-electron chi connectivity index (χ2n) is 5.23. The van der Waals surface area contributed by atoms with Crippen LogP contribution in [-0.4, -0.2) is 21.9 Å². The molecular formula is C18H16ClN3O2S. The van der Waals surface area contributed by atoms with Gasteiger partial charge in [-0.1, -0.05) is 54.6 Å². The normalized spacial score (nSPS) is 10.6. The van der Waals surface area contributed by atoms with Crippen molar-refractivity contribution in [1.82, 2.24) is 10.2 Å². The van der Waals surface area contributed by atoms with Crippen LogP contribution in [0.4, 0.5) is 5.69 Å². The molecule has 7 heteroatoms. The predicted octanol–water partition coefficient (Wildman–Crippen LogP) is 4.68. The molecule has 0 aliphatic rings. The lowest BCUT2D eigenvalue weighted by Gasteiger charge is -2.08. The molecule has 1 heterocycles. The summed E-state index contributed by atoms with van der Waals surface area (Å²) in [6.45, 7) is 2.05. The van der Waals surface area contributed by atoms with E-state index in [1.54, 1.807) is 12.1 Å². The highest BCUT2D eigenvalue weighted by atomic mass is 35.5. The Morgan fingerprint density at radius 1 is 1.20 bits per heavy atom. The Morgan fingerprint density at radius 3 is 2.84 bits per heavy atom. The third-order valence-corrected chi connectivity index (χ3v) is 4.53. The van der Waals surface area contributed by atoms with Crippen molar-refractivity contribution in [1.29, 1.82) is 0 Å². The molecule has 0 aliphatic carbocycles. The number of aromatic nitrogens is 2. The van der Waals surface area contributed by atoms with Gasteiger partial charge in [-0.15, -0.1) is 10.2 Å². The van der Waals surface area contributed by atoms with Crippen LogP contribution in [0.25, 0.3) is 11.5 Å². The molecule has 0 radical (unpaired) electrons. The number of anilines is 1. The number of carbonyl (C=O) groups is 1. The second kappa shape index (κ2) is 8.18. The van der Waals surface area contributed by atoms with E-state index in [4.69, 9.17) is 16.0 Å². The maximum absolute atomic E-state index is 12.1. The maximum Gasteiger partial charge on any atom is 0.277 e. The van der Waals surface area contributed by atoms with Gasteiger partial charge in [-0.2, -0.15) is 0 Å². The standard InChI is InChI=1S/C18H16ClN3O2S/c1-2-12-6-3-4-9-15(12)20-16(23)11-25-18-22-21-17(24-18)13-7-5-8-14(19)10-13/h3-10H,2,11H2,1H3,(H,20,23). The minimum atomic E-state index is -0.117. The van der Waals surface area contributed by atoms with Crippen molar-refractivity contribution in [3.05, 3.63) is 59.1 Å². The third-order valence-electron chi connectivity index (χ3n) is 3.48. The van der Waals surface area contributed by atoms with Gasteiger partial charge in [0.2, 0.25) is 11.8 Å². The van der Waals surface area contributed by atoms with Crippen LogP contribution >= 0.6 is 23.4 Å². The van der Waals surface area contributed by atoms with Gasteiger partial charge < -0.3 is 9.73 Å². The number of nitrogens with zero attached hydrogens (tertiary/aromatic N) is 2. The molecule has 2 aromatic carbocycles. The first-order valence-corrected chi connectivity index (χ1v) is 9.12. The summed E-state index contributed by atoms with van der Waals surface area (Å²) in [5.74, 6) is 0.449. The van der Waals surface area contributed by atoms with Gasteiger partial charge in [0.05, 0.1) is 5.75 Å². The number of benzene rings is 2. The van der Waals surface area contributed by atoms with Gasteiger partial charge in [0, 0.05) is 16.3 Å². The minimum Gasteiger partial charge on any atom is -0.411 e. The van der Waals surface area contributed by atoms with Crippen molar-refractivity contribution in [2.45, 2.75) is 18.6 Å². The first-order valence-electron chi connectivity index (χ1n) is 7.75. The van der Waals surface area contributed by atoms with Gasteiger partial charge in [-0.3, -0.25) is 4.79 Å². The van der Waals surface area contributed by atoms with Crippen molar-refractivity contribution in [3.8, 4) is 11.5 Å². The van der Waals surface area contributed by atoms with Crippen LogP contribution in [0.2, 0.25) is 5.02 Å². The van der Waals surface area contributed by atoms with Crippen molar-refractivity contribution < 1.29 is 9.21 Å². The number of rotatable bonds is 6. The van der Waals surface area contributed by atoms with Crippen molar-refractivity contribution in [2.75, 3.05) is 11.1 Å². The summed E-state index contributed by atoms with van der Waals surface area (Å²) in [5.41, 5.74) is 2.68. The van der Waals surface area contributed by atoms with Crippen molar-refractivity contribution in [2.24, 2.45) is 0 Å². The summed E-state index contributed by atoms with van der Waals surface area (Å²) in [7, 11) is 0. The number of thioether (sulfide) groups is 1. The Morgan fingerprint density at radius 2 is 2.04 bits per heavy atom. The second-order valence-corrected chi connectivity index (χ2v) is 6.59. The first kappa shape index (κ1) is 17.5. The molecule has 5 nitrogen and oxygen atoms in total. The zero-order chi connectivity index (χ0) is 17.6. The summed E-state index contributed by atoms with van der Waals surface area (Å²) < 4.78 is 5.57. The number of nitrogens with one attached hydrogen (secondary N) is 1. The minimum absolute atomic E-state index is 0.117. The fraction of sp³-hybridized carbons (Fsp3) is 0.167. The predicted molar refractivity (Wildman–Crippen MR) is 99.9 cm³/mol. The number of para-hydroxylation sites is 1. The Balaban J connectivity index is 1.59. The van der Waals surface area contributed by atoms with Crippen molar-refractivity contribution >= 4 is 35.0 Å². The van der Waals surface area contributed by atoms with E-state index < -0.39 is 0 Å². The third kappa shape index (κ3) is 4.61. The molecular weight excluding hydrogens is 358 g/mol. The average Bonchev–Trinajstić information content (AvgIpc) is 3.09. The summed E-state index contributed by atoms with van der Waals surface area (Å²) >= 11 is 7.15. The molecule has 0 saturated heterocycles. The van der Waals surface area contributed by atoms with Crippen LogP contribution in [-0.2, 0) is 11.2 Å². The quantitative estimate of drug-likeness (QED) is 0.635. The van der Waals surface area contributed by atoms with Crippen LogP contribution < -0.4 is 5.32 Å². The Hall–Kier alpha value is -2.31. The van der Waals surface area contributed by atoms with Crippen molar-refractivity contribution in [3.63, 3.8) is 0 Å². The molecule has 3 rings (SSSR count). The molecule has 1 aromatic heterocycles. The number of hydrogen-bond donors (Lipinski definition) is 1. The lowest BCUT2D eigenvalue weighted by atomic mass is 10.1. The number of halogens is 1. The Labute approximate surface area is 154 Å². The molecule has 1 amide bonds. The van der Waals surface area contributed by atoms with E-state index in [1.807, 2.05) is 36.4 Å². The molecule has 0 fully saturated rings. The molecule has 128 valence electrons. The van der Waals surface area contributed by atoms with Crippen LogP contribution in [0.5, 0.6) is 0 Å². The number of aryl methyl sites for hydroxylation is 1. The van der Waals surface area contributed by atoms with E-state index in [0.29, 0.717) is 16.1 Å². The van der Waals surface area contributed by atoms with Crippen LogP contribution in [0, 0.1) is 0 Å². The highest BCUT2D eigenvalue weighted by Crippen LogP contribution is 2.25. The van der Waals surface area contributed by atoms with E-state index in [9.17, 15) is 4.79 Å². The van der Waals surface area contributed by atoms with Gasteiger partial charge in [0.15, 0.2) is 0 Å². The smallest absolute Gasteiger partial charge is 0.277 e.